The first-order valence-corrected chi connectivity index (χ1v) is 4.99. The van der Waals surface area contributed by atoms with Crippen LogP contribution in [-0.4, -0.2) is 22.6 Å². The maximum atomic E-state index is 10.9. The van der Waals surface area contributed by atoms with Gasteiger partial charge in [-0.2, -0.15) is 0 Å². The molecule has 2 aliphatic rings. The molecule has 3 nitrogen and oxygen atoms in total. The fourth-order valence-electron chi connectivity index (χ4n) is 2.38. The molecular weight excluding hydrogens is 166 g/mol. The van der Waals surface area contributed by atoms with E-state index in [1.165, 1.54) is 24.2 Å². The van der Waals surface area contributed by atoms with Gasteiger partial charge in [0.1, 0.15) is 0 Å². The second-order valence-corrected chi connectivity index (χ2v) is 3.83. The van der Waals surface area contributed by atoms with Crippen LogP contribution in [-0.2, 0) is 0 Å². The fourth-order valence-corrected chi connectivity index (χ4v) is 2.38. The third-order valence-corrected chi connectivity index (χ3v) is 3.01. The largest absolute Gasteiger partial charge is 0.465 e. The standard InChI is InChI=1S/C10H15NO2/c12-10(13)11-7-3-5-8-4-1-2-6-9(8)11/h6,8H,1-5,7H2,(H,12,13). The molecule has 1 fully saturated rings. The molecule has 1 aliphatic carbocycles. The zero-order valence-electron chi connectivity index (χ0n) is 7.70. The van der Waals surface area contributed by atoms with Crippen molar-refractivity contribution in [2.75, 3.05) is 6.54 Å². The van der Waals surface area contributed by atoms with Gasteiger partial charge >= 0.3 is 6.09 Å². The van der Waals surface area contributed by atoms with Gasteiger partial charge in [-0.15, -0.1) is 0 Å². The molecule has 0 aromatic carbocycles. The van der Waals surface area contributed by atoms with E-state index in [9.17, 15) is 4.79 Å². The molecule has 1 N–H and O–H groups in total. The average Bonchev–Trinajstić information content (AvgIpc) is 2.17. The highest BCUT2D eigenvalue weighted by atomic mass is 16.4. The van der Waals surface area contributed by atoms with Crippen molar-refractivity contribution in [1.29, 1.82) is 0 Å². The van der Waals surface area contributed by atoms with Crippen LogP contribution in [0, 0.1) is 5.92 Å². The Morgan fingerprint density at radius 2 is 2.23 bits per heavy atom. The highest BCUT2D eigenvalue weighted by Crippen LogP contribution is 2.34. The van der Waals surface area contributed by atoms with Gasteiger partial charge in [0.2, 0.25) is 0 Å². The predicted molar refractivity (Wildman–Crippen MR) is 49.4 cm³/mol. The summed E-state index contributed by atoms with van der Waals surface area (Å²) in [7, 11) is 0. The predicted octanol–water partition coefficient (Wildman–Crippen LogP) is 2.44. The normalized spacial score (nSPS) is 27.8. The third-order valence-electron chi connectivity index (χ3n) is 3.01. The number of allylic oxidation sites excluding steroid dienone is 2. The van der Waals surface area contributed by atoms with Gasteiger partial charge in [-0.1, -0.05) is 6.08 Å². The van der Waals surface area contributed by atoms with Crippen molar-refractivity contribution in [2.24, 2.45) is 5.92 Å². The summed E-state index contributed by atoms with van der Waals surface area (Å²) in [5, 5.41) is 8.96. The molecule has 1 atom stereocenters. The Labute approximate surface area is 78.0 Å². The number of piperidine rings is 1. The second kappa shape index (κ2) is 3.40. The van der Waals surface area contributed by atoms with E-state index < -0.39 is 6.09 Å². The third kappa shape index (κ3) is 1.55. The van der Waals surface area contributed by atoms with Crippen LogP contribution in [0.4, 0.5) is 4.79 Å². The highest BCUT2D eigenvalue weighted by Gasteiger charge is 2.29. The van der Waals surface area contributed by atoms with E-state index in [1.807, 2.05) is 0 Å². The number of fused-ring (bicyclic) bond motifs is 1. The van der Waals surface area contributed by atoms with Gasteiger partial charge in [0.15, 0.2) is 0 Å². The van der Waals surface area contributed by atoms with E-state index >= 15 is 0 Å². The number of carboxylic acid groups (broad SMARTS) is 1. The van der Waals surface area contributed by atoms with Crippen molar-refractivity contribution in [1.82, 2.24) is 4.90 Å². The van der Waals surface area contributed by atoms with Crippen molar-refractivity contribution in [3.8, 4) is 0 Å². The molecular formula is C10H15NO2. The lowest BCUT2D eigenvalue weighted by Gasteiger charge is -2.36. The van der Waals surface area contributed by atoms with Crippen molar-refractivity contribution < 1.29 is 9.90 Å². The lowest BCUT2D eigenvalue weighted by molar-refractivity contribution is 0.139. The molecule has 1 saturated heterocycles. The minimum Gasteiger partial charge on any atom is -0.465 e. The Bertz CT molecular complexity index is 247. The Kier molecular flexibility index (Phi) is 2.25. The van der Waals surface area contributed by atoms with Crippen LogP contribution >= 0.6 is 0 Å². The van der Waals surface area contributed by atoms with Crippen LogP contribution in [0.5, 0.6) is 0 Å². The van der Waals surface area contributed by atoms with E-state index in [1.54, 1.807) is 0 Å². The highest BCUT2D eigenvalue weighted by molar-refractivity contribution is 5.68. The minimum absolute atomic E-state index is 0.526. The van der Waals surface area contributed by atoms with E-state index in [0.717, 1.165) is 18.5 Å². The lowest BCUT2D eigenvalue weighted by atomic mass is 9.85. The molecule has 0 spiro atoms. The SMILES string of the molecule is O=C(O)N1CCCC2CCCC=C21. The number of amides is 1. The number of hydrogen-bond donors (Lipinski definition) is 1. The van der Waals surface area contributed by atoms with Crippen LogP contribution in [0.3, 0.4) is 0 Å². The molecule has 1 aliphatic heterocycles. The first-order valence-electron chi connectivity index (χ1n) is 4.99. The molecule has 0 aromatic rings. The molecule has 13 heavy (non-hydrogen) atoms. The summed E-state index contributed by atoms with van der Waals surface area (Å²) in [4.78, 5) is 12.4. The fraction of sp³-hybridized carbons (Fsp3) is 0.700. The summed E-state index contributed by atoms with van der Waals surface area (Å²) in [5.41, 5.74) is 1.07. The number of likely N-dealkylation sites (tertiary alicyclic amines) is 1. The summed E-state index contributed by atoms with van der Waals surface area (Å²) < 4.78 is 0. The van der Waals surface area contributed by atoms with Gasteiger partial charge < -0.3 is 5.11 Å². The van der Waals surface area contributed by atoms with Crippen LogP contribution in [0.25, 0.3) is 0 Å². The van der Waals surface area contributed by atoms with Crippen LogP contribution in [0.15, 0.2) is 11.8 Å². The molecule has 1 amide bonds. The smallest absolute Gasteiger partial charge is 0.411 e. The summed E-state index contributed by atoms with van der Waals surface area (Å²) in [5.74, 6) is 0.526. The summed E-state index contributed by atoms with van der Waals surface area (Å²) in [6.45, 7) is 0.692. The van der Waals surface area contributed by atoms with Crippen LogP contribution < -0.4 is 0 Å². The van der Waals surface area contributed by atoms with E-state index in [2.05, 4.69) is 6.08 Å². The molecule has 0 aromatic heterocycles. The molecule has 72 valence electrons. The molecule has 0 radical (unpaired) electrons. The summed E-state index contributed by atoms with van der Waals surface area (Å²) in [6, 6.07) is 0. The molecule has 1 unspecified atom stereocenters. The second-order valence-electron chi connectivity index (χ2n) is 3.83. The van der Waals surface area contributed by atoms with Crippen molar-refractivity contribution in [2.45, 2.75) is 32.1 Å². The Hall–Kier alpha value is -0.990. The maximum Gasteiger partial charge on any atom is 0.411 e. The molecule has 0 bridgehead atoms. The Morgan fingerprint density at radius 1 is 1.46 bits per heavy atom. The lowest BCUT2D eigenvalue weighted by Crippen LogP contribution is -2.37. The topological polar surface area (TPSA) is 40.5 Å². The number of hydrogen-bond acceptors (Lipinski definition) is 1. The van der Waals surface area contributed by atoms with Gasteiger partial charge in [-0.05, 0) is 38.0 Å². The zero-order valence-corrected chi connectivity index (χ0v) is 7.70. The van der Waals surface area contributed by atoms with E-state index in [-0.39, 0.29) is 0 Å². The van der Waals surface area contributed by atoms with E-state index in [0.29, 0.717) is 12.5 Å². The number of carbonyl (C=O) groups is 1. The number of rotatable bonds is 0. The molecule has 3 heteroatoms. The Morgan fingerprint density at radius 3 is 3.00 bits per heavy atom. The Balaban J connectivity index is 2.19. The van der Waals surface area contributed by atoms with Gasteiger partial charge in [0.25, 0.3) is 0 Å². The first kappa shape index (κ1) is 8.60. The number of nitrogens with zero attached hydrogens (tertiary/aromatic N) is 1. The summed E-state index contributed by atoms with van der Waals surface area (Å²) in [6.07, 6.45) is 6.98. The van der Waals surface area contributed by atoms with Gasteiger partial charge in [-0.25, -0.2) is 4.79 Å². The van der Waals surface area contributed by atoms with Crippen molar-refractivity contribution in [3.63, 3.8) is 0 Å². The molecule has 1 heterocycles. The monoisotopic (exact) mass is 181 g/mol. The van der Waals surface area contributed by atoms with E-state index in [4.69, 9.17) is 5.11 Å². The quantitative estimate of drug-likeness (QED) is 0.623. The van der Waals surface area contributed by atoms with Crippen molar-refractivity contribution in [3.05, 3.63) is 11.8 Å². The average molecular weight is 181 g/mol. The maximum absolute atomic E-state index is 10.9. The zero-order chi connectivity index (χ0) is 9.26. The first-order chi connectivity index (χ1) is 6.29. The van der Waals surface area contributed by atoms with Gasteiger partial charge in [0.05, 0.1) is 0 Å². The summed E-state index contributed by atoms with van der Waals surface area (Å²) >= 11 is 0. The van der Waals surface area contributed by atoms with Crippen molar-refractivity contribution >= 4 is 6.09 Å². The van der Waals surface area contributed by atoms with Gasteiger partial charge in [-0.3, -0.25) is 4.90 Å². The molecule has 0 saturated carbocycles. The van der Waals surface area contributed by atoms with Gasteiger partial charge in [0, 0.05) is 12.2 Å². The van der Waals surface area contributed by atoms with Crippen LogP contribution in [0.2, 0.25) is 0 Å². The van der Waals surface area contributed by atoms with Crippen LogP contribution in [0.1, 0.15) is 32.1 Å². The molecule has 2 rings (SSSR count). The minimum atomic E-state index is -0.780.